The molecule has 1 aromatic heterocycles. The summed E-state index contributed by atoms with van der Waals surface area (Å²) in [6.07, 6.45) is 0.617. The van der Waals surface area contributed by atoms with Gasteiger partial charge in [-0.3, -0.25) is 0 Å². The lowest BCUT2D eigenvalue weighted by atomic mass is 10.2. The van der Waals surface area contributed by atoms with Crippen LogP contribution in [0.5, 0.6) is 0 Å². The SMILES string of the molecule is CCC1CN(S(=O)(=O)c2cc(C(=O)O)sc2Br)CCO1. The standard InChI is InChI=1S/C11H14BrNO5S2/c1-2-7-6-13(3-4-18-7)20(16,17)9-5-8(11(14)15)19-10(9)12/h5,7H,2-4,6H2,1H3,(H,14,15). The van der Waals surface area contributed by atoms with Gasteiger partial charge in [0.15, 0.2) is 0 Å². The van der Waals surface area contributed by atoms with E-state index < -0.39 is 16.0 Å². The molecule has 0 aromatic carbocycles. The average Bonchev–Trinajstić information content (AvgIpc) is 2.82. The summed E-state index contributed by atoms with van der Waals surface area (Å²) in [6, 6.07) is 1.20. The highest BCUT2D eigenvalue weighted by Crippen LogP contribution is 2.34. The molecule has 0 bridgehead atoms. The van der Waals surface area contributed by atoms with Crippen LogP contribution < -0.4 is 0 Å². The molecular formula is C11H14BrNO5S2. The molecule has 0 aliphatic carbocycles. The van der Waals surface area contributed by atoms with Crippen LogP contribution in [0.15, 0.2) is 14.7 Å². The Hall–Kier alpha value is -0.480. The summed E-state index contributed by atoms with van der Waals surface area (Å²) in [6.45, 7) is 2.86. The summed E-state index contributed by atoms with van der Waals surface area (Å²) in [4.78, 5) is 10.9. The number of aromatic carboxylic acids is 1. The first kappa shape index (κ1) is 15.9. The predicted molar refractivity (Wildman–Crippen MR) is 77.8 cm³/mol. The maximum absolute atomic E-state index is 12.6. The number of carboxylic acid groups (broad SMARTS) is 1. The van der Waals surface area contributed by atoms with Gasteiger partial charge in [0, 0.05) is 13.1 Å². The van der Waals surface area contributed by atoms with Crippen LogP contribution in [-0.2, 0) is 14.8 Å². The third-order valence-electron chi connectivity index (χ3n) is 3.04. The Morgan fingerprint density at radius 1 is 1.65 bits per heavy atom. The van der Waals surface area contributed by atoms with Crippen LogP contribution >= 0.6 is 27.3 Å². The van der Waals surface area contributed by atoms with Gasteiger partial charge in [0.2, 0.25) is 10.0 Å². The van der Waals surface area contributed by atoms with Gasteiger partial charge in [-0.2, -0.15) is 4.31 Å². The van der Waals surface area contributed by atoms with Crippen molar-refractivity contribution in [3.63, 3.8) is 0 Å². The van der Waals surface area contributed by atoms with Crippen molar-refractivity contribution < 1.29 is 23.1 Å². The zero-order chi connectivity index (χ0) is 14.9. The van der Waals surface area contributed by atoms with E-state index in [0.29, 0.717) is 16.9 Å². The molecular weight excluding hydrogens is 370 g/mol. The number of hydrogen-bond donors (Lipinski definition) is 1. The summed E-state index contributed by atoms with van der Waals surface area (Å²) < 4.78 is 32.2. The first-order valence-electron chi connectivity index (χ1n) is 6.00. The van der Waals surface area contributed by atoms with E-state index in [9.17, 15) is 13.2 Å². The van der Waals surface area contributed by atoms with Gasteiger partial charge in [0.05, 0.1) is 16.5 Å². The first-order chi connectivity index (χ1) is 9.36. The van der Waals surface area contributed by atoms with E-state index >= 15 is 0 Å². The van der Waals surface area contributed by atoms with Crippen molar-refractivity contribution in [1.82, 2.24) is 4.31 Å². The second-order valence-electron chi connectivity index (χ2n) is 4.32. The number of thiophene rings is 1. The van der Waals surface area contributed by atoms with Gasteiger partial charge in [-0.25, -0.2) is 13.2 Å². The molecule has 0 amide bonds. The summed E-state index contributed by atoms with van der Waals surface area (Å²) >= 11 is 4.04. The van der Waals surface area contributed by atoms with Crippen LogP contribution in [0.25, 0.3) is 0 Å². The Morgan fingerprint density at radius 2 is 2.35 bits per heavy atom. The Bertz CT molecular complexity index is 612. The molecule has 1 atom stereocenters. The molecule has 2 heterocycles. The number of hydrogen-bond acceptors (Lipinski definition) is 5. The number of carbonyl (C=O) groups is 1. The number of sulfonamides is 1. The smallest absolute Gasteiger partial charge is 0.345 e. The van der Waals surface area contributed by atoms with Crippen LogP contribution in [0.4, 0.5) is 0 Å². The van der Waals surface area contributed by atoms with Gasteiger partial charge in [-0.1, -0.05) is 6.92 Å². The van der Waals surface area contributed by atoms with Crippen LogP contribution in [-0.4, -0.2) is 49.6 Å². The number of carboxylic acids is 1. The van der Waals surface area contributed by atoms with Gasteiger partial charge in [-0.05, 0) is 28.4 Å². The third-order valence-corrected chi connectivity index (χ3v) is 7.15. The lowest BCUT2D eigenvalue weighted by Gasteiger charge is -2.31. The van der Waals surface area contributed by atoms with Gasteiger partial charge in [-0.15, -0.1) is 11.3 Å². The number of halogens is 1. The molecule has 1 saturated heterocycles. The molecule has 2 rings (SSSR count). The molecule has 0 radical (unpaired) electrons. The van der Waals surface area contributed by atoms with Gasteiger partial charge in [0.25, 0.3) is 0 Å². The Balaban J connectivity index is 2.32. The molecule has 9 heteroatoms. The fourth-order valence-corrected chi connectivity index (χ4v) is 5.74. The van der Waals surface area contributed by atoms with Crippen molar-refractivity contribution in [1.29, 1.82) is 0 Å². The molecule has 1 fully saturated rings. The van der Waals surface area contributed by atoms with Crippen LogP contribution in [0.3, 0.4) is 0 Å². The normalized spacial score (nSPS) is 21.0. The maximum Gasteiger partial charge on any atom is 0.345 e. The van der Waals surface area contributed by atoms with Crippen LogP contribution in [0.2, 0.25) is 0 Å². The second kappa shape index (κ2) is 6.10. The van der Waals surface area contributed by atoms with E-state index in [0.717, 1.165) is 17.8 Å². The van der Waals surface area contributed by atoms with Crippen molar-refractivity contribution in [3.05, 3.63) is 14.7 Å². The number of morpholine rings is 1. The summed E-state index contributed by atoms with van der Waals surface area (Å²) in [5.41, 5.74) is 0. The molecule has 1 aliphatic heterocycles. The highest BCUT2D eigenvalue weighted by Gasteiger charge is 2.33. The average molecular weight is 384 g/mol. The van der Waals surface area contributed by atoms with E-state index in [1.165, 1.54) is 10.4 Å². The zero-order valence-corrected chi connectivity index (χ0v) is 13.9. The predicted octanol–water partition coefficient (Wildman–Crippen LogP) is 2.01. The Morgan fingerprint density at radius 3 is 2.90 bits per heavy atom. The molecule has 0 saturated carbocycles. The van der Waals surface area contributed by atoms with E-state index in [4.69, 9.17) is 9.84 Å². The van der Waals surface area contributed by atoms with Crippen molar-refractivity contribution in [2.75, 3.05) is 19.7 Å². The lowest BCUT2D eigenvalue weighted by molar-refractivity contribution is -0.00278. The van der Waals surface area contributed by atoms with Gasteiger partial charge < -0.3 is 9.84 Å². The summed E-state index contributed by atoms with van der Waals surface area (Å²) in [5, 5.41) is 8.94. The fraction of sp³-hybridized carbons (Fsp3) is 0.545. The molecule has 112 valence electrons. The van der Waals surface area contributed by atoms with E-state index in [-0.39, 0.29) is 22.4 Å². The molecule has 1 unspecified atom stereocenters. The topological polar surface area (TPSA) is 83.9 Å². The van der Waals surface area contributed by atoms with E-state index in [1.807, 2.05) is 6.92 Å². The minimum absolute atomic E-state index is 0.00393. The highest BCUT2D eigenvalue weighted by atomic mass is 79.9. The van der Waals surface area contributed by atoms with E-state index in [2.05, 4.69) is 15.9 Å². The number of ether oxygens (including phenoxy) is 1. The molecule has 0 spiro atoms. The van der Waals surface area contributed by atoms with Crippen molar-refractivity contribution >= 4 is 43.3 Å². The zero-order valence-electron chi connectivity index (χ0n) is 10.7. The van der Waals surface area contributed by atoms with Crippen LogP contribution in [0.1, 0.15) is 23.0 Å². The van der Waals surface area contributed by atoms with Crippen molar-refractivity contribution in [2.45, 2.75) is 24.3 Å². The summed E-state index contributed by atoms with van der Waals surface area (Å²) in [7, 11) is -3.69. The minimum atomic E-state index is -3.69. The first-order valence-corrected chi connectivity index (χ1v) is 9.05. The van der Waals surface area contributed by atoms with Gasteiger partial charge in [0.1, 0.15) is 9.77 Å². The second-order valence-corrected chi connectivity index (χ2v) is 8.59. The van der Waals surface area contributed by atoms with Crippen molar-refractivity contribution in [3.8, 4) is 0 Å². The summed E-state index contributed by atoms with van der Waals surface area (Å²) in [5.74, 6) is -1.13. The van der Waals surface area contributed by atoms with Crippen LogP contribution in [0, 0.1) is 0 Å². The molecule has 1 aromatic rings. The third kappa shape index (κ3) is 3.06. The molecule has 6 nitrogen and oxygen atoms in total. The van der Waals surface area contributed by atoms with E-state index in [1.54, 1.807) is 0 Å². The highest BCUT2D eigenvalue weighted by molar-refractivity contribution is 9.11. The fourth-order valence-electron chi connectivity index (χ4n) is 1.93. The van der Waals surface area contributed by atoms with Gasteiger partial charge >= 0.3 is 5.97 Å². The number of nitrogens with zero attached hydrogens (tertiary/aromatic N) is 1. The minimum Gasteiger partial charge on any atom is -0.477 e. The monoisotopic (exact) mass is 383 g/mol. The lowest BCUT2D eigenvalue weighted by Crippen LogP contribution is -2.45. The largest absolute Gasteiger partial charge is 0.477 e. The Labute approximate surface area is 129 Å². The molecule has 20 heavy (non-hydrogen) atoms. The Kier molecular flexibility index (Phi) is 4.85. The maximum atomic E-state index is 12.6. The number of rotatable bonds is 4. The van der Waals surface area contributed by atoms with Crippen molar-refractivity contribution in [2.24, 2.45) is 0 Å². The quantitative estimate of drug-likeness (QED) is 0.859. The molecule has 1 aliphatic rings. The molecule has 1 N–H and O–H groups in total.